The van der Waals surface area contributed by atoms with E-state index in [1.807, 2.05) is 75.3 Å². The van der Waals surface area contributed by atoms with Crippen LogP contribution in [-0.4, -0.2) is 47.5 Å². The van der Waals surface area contributed by atoms with Crippen molar-refractivity contribution >= 4 is 232 Å². The number of hydrogen-bond donors (Lipinski definition) is 6. The van der Waals surface area contributed by atoms with Crippen LogP contribution in [0, 0.1) is 80.6 Å². The summed E-state index contributed by atoms with van der Waals surface area (Å²) in [5.41, 5.74) is 22.8. The molecule has 9 rings (SSSR count). The first-order valence-corrected chi connectivity index (χ1v) is 32.2. The number of aromatic amines is 3. The Bertz CT molecular complexity index is 3420. The number of halogens is 8. The highest BCUT2D eigenvalue weighted by Crippen LogP contribution is 2.39. The van der Waals surface area contributed by atoms with E-state index in [1.54, 1.807) is 40.1 Å². The van der Waals surface area contributed by atoms with Gasteiger partial charge in [-0.2, -0.15) is 5.26 Å². The molecule has 0 saturated heterocycles. The molecule has 9 aromatic rings. The van der Waals surface area contributed by atoms with Gasteiger partial charge in [0, 0.05) is 62.4 Å². The summed E-state index contributed by atoms with van der Waals surface area (Å²) in [7, 11) is 0. The van der Waals surface area contributed by atoms with Crippen LogP contribution in [0.2, 0.25) is 0 Å². The minimum atomic E-state index is -0.121. The Morgan fingerprint density at radius 3 is 1.32 bits per heavy atom. The van der Waals surface area contributed by atoms with E-state index in [4.69, 9.17) is 57.3 Å². The number of thiophene rings is 6. The summed E-state index contributed by atoms with van der Waals surface area (Å²) in [6.45, 7) is 24.1. The molecule has 9 N–H and O–H groups in total. The average molecular weight is 1500 g/mol. The Labute approximate surface area is 525 Å². The van der Waals surface area contributed by atoms with Crippen molar-refractivity contribution in [2.45, 2.75) is 102 Å². The topological polar surface area (TPSA) is 251 Å². The number of nitrogens with one attached hydrogen (secondary N) is 3. The second kappa shape index (κ2) is 33.2. The minimum absolute atomic E-state index is 0. The summed E-state index contributed by atoms with van der Waals surface area (Å²) in [5.74, 6) is 3.03. The summed E-state index contributed by atoms with van der Waals surface area (Å²) >= 11 is 39.3. The number of anilines is 2. The lowest BCUT2D eigenvalue weighted by Crippen LogP contribution is -2.12. The lowest BCUT2D eigenvalue weighted by atomic mass is 10.2. The van der Waals surface area contributed by atoms with Crippen molar-refractivity contribution in [3.63, 3.8) is 0 Å². The Morgan fingerprint density at radius 1 is 0.597 bits per heavy atom. The molecule has 0 aliphatic heterocycles. The molecule has 9 heterocycles. The number of rotatable bonds is 5. The van der Waals surface area contributed by atoms with E-state index in [9.17, 15) is 14.4 Å². The molecular weight excluding hydrogens is 1440 g/mol. The predicted octanol–water partition coefficient (Wildman–Crippen LogP) is 16.8. The van der Waals surface area contributed by atoms with Crippen molar-refractivity contribution in [3.05, 3.63) is 122 Å². The zero-order chi connectivity index (χ0) is 57.5. The average Bonchev–Trinajstić information content (AvgIpc) is 4.17. The highest BCUT2D eigenvalue weighted by molar-refractivity contribution is 9.11. The fourth-order valence-corrected chi connectivity index (χ4v) is 14.5. The van der Waals surface area contributed by atoms with Gasteiger partial charge in [0.1, 0.15) is 54.3 Å². The molecule has 0 amide bonds. The molecule has 0 aromatic carbocycles. The Hall–Kier alpha value is -2.74. The van der Waals surface area contributed by atoms with Gasteiger partial charge in [0.25, 0.3) is 16.7 Å². The molecule has 9 aromatic heterocycles. The monoisotopic (exact) mass is 1490 g/mol. The van der Waals surface area contributed by atoms with Crippen LogP contribution in [0.25, 0.3) is 30.6 Å². The lowest BCUT2D eigenvalue weighted by Gasteiger charge is -1.96. The molecule has 0 saturated carbocycles. The van der Waals surface area contributed by atoms with Crippen molar-refractivity contribution < 1.29 is 0 Å². The molecular formula is C49H57Br4Cl4N11O3S6. The van der Waals surface area contributed by atoms with Crippen molar-refractivity contribution in [1.82, 2.24) is 29.9 Å². The number of aryl methyl sites for hydroxylation is 12. The van der Waals surface area contributed by atoms with Crippen molar-refractivity contribution in [2.75, 3.05) is 23.2 Å². The van der Waals surface area contributed by atoms with E-state index in [1.165, 1.54) is 63.3 Å². The smallest absolute Gasteiger partial charge is 0.268 e. The van der Waals surface area contributed by atoms with Gasteiger partial charge >= 0.3 is 0 Å². The standard InChI is InChI=1S/C10H12N2OS.C9H9BrN2OS.C8H6BrClN2OS.C8H10BrClN2S.C6H8BrNS.C6H9NS.C2H2ClN.ClH/c1-4-7-11-8-5(2)6(3)14-9(8)10(13)12-7;1-3-5-11-7-6(10)4(2)14-8(7)9(13)12-5;1-3-5(9)6-7(14-3)8(13)12-4(2-10)11-6;1-4-7(9)8(5(2)13-4)12-6(11)3-10;1-3-5(7)6(8)4(2)9-3;1-4-3-6(7)5(2)8-4;3-1-2-4;/h4H2,1-3H3,(H,11,12,13);3H2,1-2H3,(H,11,12,13);2H2,1H3,(H,11,12,13);3H2,1-2H3,(H2,11,12);8H2,1-2H3;3H,7H2,1-2H3;1H2;1H. The van der Waals surface area contributed by atoms with Crippen molar-refractivity contribution in [1.29, 1.82) is 5.26 Å². The van der Waals surface area contributed by atoms with Crippen LogP contribution in [0.1, 0.15) is 80.8 Å². The Morgan fingerprint density at radius 2 is 1.00 bits per heavy atom. The lowest BCUT2D eigenvalue weighted by molar-refractivity contribution is 0.945. The first kappa shape index (κ1) is 70.4. The molecule has 77 heavy (non-hydrogen) atoms. The fourth-order valence-electron chi connectivity index (χ4n) is 6.16. The van der Waals surface area contributed by atoms with Gasteiger partial charge in [-0.05, 0) is 145 Å². The molecule has 0 atom stereocenters. The van der Waals surface area contributed by atoms with Gasteiger partial charge in [0.05, 0.1) is 52.6 Å². The number of nitrogens with zero attached hydrogens (tertiary/aromatic N) is 5. The molecule has 14 nitrogen and oxygen atoms in total. The molecule has 0 unspecified atom stereocenters. The maximum Gasteiger partial charge on any atom is 0.268 e. The minimum Gasteiger partial charge on any atom is -0.398 e. The highest BCUT2D eigenvalue weighted by atomic mass is 79.9. The van der Waals surface area contributed by atoms with Crippen LogP contribution in [0.5, 0.6) is 0 Å². The SMILES string of the molecule is CCc1nc2c(Br)c(C)sc2c(=O)[nH]1.CCc1nc2c(C)c(C)sc2c(=O)[nH]1.Cc1cc(N)c(C)s1.Cc1sc(C)c(Br)c1N.Cc1sc(C)c(N=C(N)CCl)c1Br.Cc1sc2c(=O)[nH]c(CCl)nc2c1Br.Cl.N#CCCl. The summed E-state index contributed by atoms with van der Waals surface area (Å²) in [6, 6.07) is 3.70. The second-order valence-electron chi connectivity index (χ2n) is 15.9. The summed E-state index contributed by atoms with van der Waals surface area (Å²) in [5, 5.41) is 7.49. The van der Waals surface area contributed by atoms with E-state index in [0.717, 1.165) is 95.4 Å². The van der Waals surface area contributed by atoms with Crippen LogP contribution >= 0.6 is 179 Å². The molecule has 0 spiro atoms. The maximum absolute atomic E-state index is 11.6. The van der Waals surface area contributed by atoms with E-state index >= 15 is 0 Å². The molecule has 0 aliphatic rings. The normalized spacial score (nSPS) is 10.5. The number of nitrogen functional groups attached to an aromatic ring is 2. The van der Waals surface area contributed by atoms with E-state index in [2.05, 4.69) is 112 Å². The third-order valence-electron chi connectivity index (χ3n) is 10.2. The van der Waals surface area contributed by atoms with Crippen LogP contribution in [0.15, 0.2) is 43.3 Å². The van der Waals surface area contributed by atoms with E-state index in [0.29, 0.717) is 26.6 Å². The van der Waals surface area contributed by atoms with E-state index < -0.39 is 0 Å². The van der Waals surface area contributed by atoms with Crippen LogP contribution < -0.4 is 33.9 Å². The predicted molar refractivity (Wildman–Crippen MR) is 355 cm³/mol. The largest absolute Gasteiger partial charge is 0.398 e. The highest BCUT2D eigenvalue weighted by Gasteiger charge is 2.15. The third kappa shape index (κ3) is 19.5. The van der Waals surface area contributed by atoms with Crippen LogP contribution in [0.3, 0.4) is 0 Å². The number of aromatic nitrogens is 6. The zero-order valence-corrected chi connectivity index (χ0v) is 58.1. The number of H-pyrrole nitrogens is 3. The molecule has 418 valence electrons. The number of nitrogens with two attached hydrogens (primary N) is 3. The van der Waals surface area contributed by atoms with Gasteiger partial charge in [0.2, 0.25) is 0 Å². The number of nitriles is 1. The first-order valence-electron chi connectivity index (χ1n) is 22.5. The number of alkyl halides is 3. The number of hydrogen-bond acceptors (Lipinski definition) is 16. The zero-order valence-electron chi connectivity index (χ0n) is 43.8. The van der Waals surface area contributed by atoms with Gasteiger partial charge in [-0.25, -0.2) is 19.9 Å². The van der Waals surface area contributed by atoms with Crippen LogP contribution in [-0.2, 0) is 18.7 Å². The Kier molecular flexibility index (Phi) is 30.4. The molecule has 0 fully saturated rings. The number of fused-ring (bicyclic) bond motifs is 3. The molecule has 0 aliphatic carbocycles. The Balaban J connectivity index is 0.000000314. The number of aliphatic imine (C=N–C) groups is 1. The quantitative estimate of drug-likeness (QED) is 0.0540. The molecule has 0 bridgehead atoms. The third-order valence-corrected chi connectivity index (χ3v) is 22.2. The van der Waals surface area contributed by atoms with Gasteiger partial charge < -0.3 is 32.2 Å². The maximum atomic E-state index is 11.6. The van der Waals surface area contributed by atoms with Gasteiger partial charge in [-0.1, -0.05) is 13.8 Å². The second-order valence-corrected chi connectivity index (χ2v) is 27.8. The van der Waals surface area contributed by atoms with Gasteiger partial charge in [-0.3, -0.25) is 14.4 Å². The van der Waals surface area contributed by atoms with Gasteiger partial charge in [0.15, 0.2) is 0 Å². The molecule has 28 heteroatoms. The summed E-state index contributed by atoms with van der Waals surface area (Å²) < 4.78 is 5.99. The van der Waals surface area contributed by atoms with Gasteiger partial charge in [-0.15, -0.1) is 115 Å². The summed E-state index contributed by atoms with van der Waals surface area (Å²) in [6.07, 6.45) is 1.51. The number of amidine groups is 1. The van der Waals surface area contributed by atoms with Crippen molar-refractivity contribution in [3.8, 4) is 6.07 Å². The fraction of sp³-hybridized carbons (Fsp3) is 0.347. The van der Waals surface area contributed by atoms with Crippen molar-refractivity contribution in [2.24, 2.45) is 10.7 Å². The molecule has 0 radical (unpaired) electrons. The summed E-state index contributed by atoms with van der Waals surface area (Å²) in [4.78, 5) is 70.9. The van der Waals surface area contributed by atoms with Crippen LogP contribution in [0.4, 0.5) is 17.1 Å². The first-order chi connectivity index (χ1) is 35.7. The van der Waals surface area contributed by atoms with E-state index in [-0.39, 0.29) is 46.7 Å².